The molecule has 1 N–H and O–H groups in total. The van der Waals surface area contributed by atoms with E-state index in [-0.39, 0.29) is 0 Å². The van der Waals surface area contributed by atoms with Crippen molar-refractivity contribution < 1.29 is 17.9 Å². The lowest BCUT2D eigenvalue weighted by Gasteiger charge is -2.24. The van der Waals surface area contributed by atoms with Gasteiger partial charge in [-0.2, -0.15) is 4.72 Å². The molecule has 20 heavy (non-hydrogen) atoms. The maximum absolute atomic E-state index is 12.2. The van der Waals surface area contributed by atoms with E-state index in [4.69, 9.17) is 0 Å². The molecule has 1 aromatic carbocycles. The van der Waals surface area contributed by atoms with Crippen molar-refractivity contribution in [2.75, 3.05) is 7.11 Å². The summed E-state index contributed by atoms with van der Waals surface area (Å²) in [6.07, 6.45) is 0. The van der Waals surface area contributed by atoms with Crippen molar-refractivity contribution in [1.82, 2.24) is 4.72 Å². The number of hydrogen-bond donors (Lipinski definition) is 1. The van der Waals surface area contributed by atoms with Gasteiger partial charge in [-0.25, -0.2) is 13.2 Å². The monoisotopic (exact) mass is 299 g/mol. The van der Waals surface area contributed by atoms with Crippen molar-refractivity contribution >= 4 is 16.0 Å². The molecule has 0 aliphatic heterocycles. The zero-order chi connectivity index (χ0) is 15.6. The fourth-order valence-electron chi connectivity index (χ4n) is 1.46. The molecule has 5 nitrogen and oxygen atoms in total. The molecule has 1 atom stereocenters. The van der Waals surface area contributed by atoms with Crippen LogP contribution in [0.15, 0.2) is 24.3 Å². The Morgan fingerprint density at radius 1 is 1.20 bits per heavy atom. The first-order chi connectivity index (χ1) is 9.08. The Bertz CT molecular complexity index is 570. The van der Waals surface area contributed by atoms with Gasteiger partial charge in [0.2, 0.25) is 10.0 Å². The average molecular weight is 299 g/mol. The van der Waals surface area contributed by atoms with Gasteiger partial charge in [0.05, 0.1) is 11.9 Å². The second-order valence-corrected chi connectivity index (χ2v) is 8.07. The van der Waals surface area contributed by atoms with Crippen molar-refractivity contribution in [2.45, 2.75) is 38.5 Å². The molecule has 0 unspecified atom stereocenters. The maximum atomic E-state index is 12.2. The first kappa shape index (κ1) is 16.7. The van der Waals surface area contributed by atoms with Crippen LogP contribution in [-0.4, -0.2) is 26.2 Å². The molecule has 0 spiro atoms. The van der Waals surface area contributed by atoms with Gasteiger partial charge < -0.3 is 4.74 Å². The standard InChI is InChI=1S/C14H21NO4S/c1-10-6-8-11(9-7-10)12(13(16)19-5)15-20(17,18)14(2,3)4/h6-9,12,15H,1-5H3/t12-/m0/s1. The third kappa shape index (κ3) is 3.80. The van der Waals surface area contributed by atoms with Crippen LogP contribution in [0.5, 0.6) is 0 Å². The largest absolute Gasteiger partial charge is 0.468 e. The first-order valence-corrected chi connectivity index (χ1v) is 7.73. The highest BCUT2D eigenvalue weighted by Gasteiger charge is 2.34. The number of benzene rings is 1. The van der Waals surface area contributed by atoms with E-state index in [1.807, 2.05) is 19.1 Å². The molecule has 0 bridgehead atoms. The number of sulfonamides is 1. The summed E-state index contributed by atoms with van der Waals surface area (Å²) in [6, 6.07) is 6.02. The Kier molecular flexibility index (Phi) is 4.94. The molecule has 1 rings (SSSR count). The summed E-state index contributed by atoms with van der Waals surface area (Å²) in [5.41, 5.74) is 1.58. The summed E-state index contributed by atoms with van der Waals surface area (Å²) < 4.78 is 30.5. The highest BCUT2D eigenvalue weighted by Crippen LogP contribution is 2.21. The van der Waals surface area contributed by atoms with Crippen LogP contribution in [0.3, 0.4) is 0 Å². The van der Waals surface area contributed by atoms with E-state index < -0.39 is 26.8 Å². The summed E-state index contributed by atoms with van der Waals surface area (Å²) in [6.45, 7) is 6.62. The molecule has 0 amide bonds. The van der Waals surface area contributed by atoms with Crippen molar-refractivity contribution in [3.63, 3.8) is 0 Å². The van der Waals surface area contributed by atoms with E-state index in [2.05, 4.69) is 9.46 Å². The fourth-order valence-corrected chi connectivity index (χ4v) is 2.36. The predicted molar refractivity (Wildman–Crippen MR) is 77.7 cm³/mol. The minimum absolute atomic E-state index is 0.551. The molecule has 0 fully saturated rings. The number of carbonyl (C=O) groups is 1. The highest BCUT2D eigenvalue weighted by atomic mass is 32.2. The average Bonchev–Trinajstić information content (AvgIpc) is 2.35. The van der Waals surface area contributed by atoms with Crippen LogP contribution in [0.25, 0.3) is 0 Å². The van der Waals surface area contributed by atoms with Crippen LogP contribution >= 0.6 is 0 Å². The van der Waals surface area contributed by atoms with Gasteiger partial charge >= 0.3 is 5.97 Å². The number of methoxy groups -OCH3 is 1. The Hall–Kier alpha value is -1.40. The van der Waals surface area contributed by atoms with Gasteiger partial charge in [-0.3, -0.25) is 0 Å². The van der Waals surface area contributed by atoms with Crippen molar-refractivity contribution in [3.05, 3.63) is 35.4 Å². The lowest BCUT2D eigenvalue weighted by Crippen LogP contribution is -2.43. The number of ether oxygens (including phenoxy) is 1. The number of hydrogen-bond acceptors (Lipinski definition) is 4. The predicted octanol–water partition coefficient (Wildman–Crippen LogP) is 1.93. The molecule has 0 aromatic heterocycles. The molecule has 0 aliphatic rings. The smallest absolute Gasteiger partial charge is 0.328 e. The van der Waals surface area contributed by atoms with Gasteiger partial charge in [0.25, 0.3) is 0 Å². The number of rotatable bonds is 4. The minimum atomic E-state index is -3.66. The molecule has 6 heteroatoms. The molecule has 1 aromatic rings. The third-order valence-corrected chi connectivity index (χ3v) is 5.09. The number of carbonyl (C=O) groups excluding carboxylic acids is 1. The van der Waals surface area contributed by atoms with Gasteiger partial charge in [0.15, 0.2) is 0 Å². The Morgan fingerprint density at radius 3 is 2.10 bits per heavy atom. The van der Waals surface area contributed by atoms with E-state index in [1.54, 1.807) is 32.9 Å². The SMILES string of the molecule is COC(=O)[C@@H](NS(=O)(=O)C(C)(C)C)c1ccc(C)cc1. The van der Waals surface area contributed by atoms with Crippen LogP contribution in [0, 0.1) is 6.92 Å². The van der Waals surface area contributed by atoms with E-state index in [1.165, 1.54) is 7.11 Å². The van der Waals surface area contributed by atoms with E-state index in [0.717, 1.165) is 5.56 Å². The van der Waals surface area contributed by atoms with Gasteiger partial charge in [0, 0.05) is 0 Å². The summed E-state index contributed by atoms with van der Waals surface area (Å²) in [5, 5.41) is 0. The van der Waals surface area contributed by atoms with E-state index in [9.17, 15) is 13.2 Å². The Labute approximate surface area is 120 Å². The molecule has 0 saturated carbocycles. The normalized spacial score (nSPS) is 13.8. The molecule has 0 saturated heterocycles. The van der Waals surface area contributed by atoms with Crippen LogP contribution in [-0.2, 0) is 19.6 Å². The molecular weight excluding hydrogens is 278 g/mol. The minimum Gasteiger partial charge on any atom is -0.468 e. The number of nitrogens with one attached hydrogen (secondary N) is 1. The van der Waals surface area contributed by atoms with Crippen molar-refractivity contribution in [1.29, 1.82) is 0 Å². The molecule has 112 valence electrons. The van der Waals surface area contributed by atoms with Crippen LogP contribution in [0.2, 0.25) is 0 Å². The lowest BCUT2D eigenvalue weighted by molar-refractivity contribution is -0.142. The van der Waals surface area contributed by atoms with Crippen molar-refractivity contribution in [2.24, 2.45) is 0 Å². The second-order valence-electron chi connectivity index (χ2n) is 5.60. The van der Waals surface area contributed by atoms with E-state index >= 15 is 0 Å². The summed E-state index contributed by atoms with van der Waals surface area (Å²) in [7, 11) is -2.43. The Balaban J connectivity index is 3.16. The molecule has 0 heterocycles. The number of aryl methyl sites for hydroxylation is 1. The summed E-state index contributed by atoms with van der Waals surface area (Å²) in [5.74, 6) is -0.637. The van der Waals surface area contributed by atoms with Crippen LogP contribution < -0.4 is 4.72 Å². The van der Waals surface area contributed by atoms with Gasteiger partial charge in [-0.1, -0.05) is 29.8 Å². The fraction of sp³-hybridized carbons (Fsp3) is 0.500. The Morgan fingerprint density at radius 2 is 1.70 bits per heavy atom. The lowest BCUT2D eigenvalue weighted by atomic mass is 10.1. The van der Waals surface area contributed by atoms with Crippen molar-refractivity contribution in [3.8, 4) is 0 Å². The van der Waals surface area contributed by atoms with Gasteiger partial charge in [-0.05, 0) is 33.3 Å². The molecule has 0 aliphatic carbocycles. The van der Waals surface area contributed by atoms with Crippen LogP contribution in [0.1, 0.15) is 37.9 Å². The quantitative estimate of drug-likeness (QED) is 0.862. The van der Waals surface area contributed by atoms with Crippen LogP contribution in [0.4, 0.5) is 0 Å². The molecule has 0 radical (unpaired) electrons. The second kappa shape index (κ2) is 5.93. The highest BCUT2D eigenvalue weighted by molar-refractivity contribution is 7.90. The maximum Gasteiger partial charge on any atom is 0.328 e. The summed E-state index contributed by atoms with van der Waals surface area (Å²) >= 11 is 0. The van der Waals surface area contributed by atoms with Gasteiger partial charge in [-0.15, -0.1) is 0 Å². The first-order valence-electron chi connectivity index (χ1n) is 6.25. The van der Waals surface area contributed by atoms with Gasteiger partial charge in [0.1, 0.15) is 6.04 Å². The third-order valence-electron chi connectivity index (χ3n) is 2.93. The zero-order valence-corrected chi connectivity index (χ0v) is 13.2. The van der Waals surface area contributed by atoms with E-state index in [0.29, 0.717) is 5.56 Å². The topological polar surface area (TPSA) is 72.5 Å². The summed E-state index contributed by atoms with van der Waals surface area (Å²) in [4.78, 5) is 11.9. The zero-order valence-electron chi connectivity index (χ0n) is 12.4. The molecular formula is C14H21NO4S. The number of esters is 1.